The lowest BCUT2D eigenvalue weighted by molar-refractivity contribution is -0.0195. The Morgan fingerprint density at radius 1 is 1.39 bits per heavy atom. The van der Waals surface area contributed by atoms with Gasteiger partial charge in [0.25, 0.3) is 0 Å². The Kier molecular flexibility index (Phi) is 2.48. The number of imidazole rings is 1. The smallest absolute Gasteiger partial charge is 0.164 e. The molecule has 18 heavy (non-hydrogen) atoms. The minimum atomic E-state index is -0.945. The highest BCUT2D eigenvalue weighted by molar-refractivity contribution is 5.80. The number of hydrogen-bond donors (Lipinski definition) is 3. The summed E-state index contributed by atoms with van der Waals surface area (Å²) in [5.41, 5.74) is 6.05. The first-order valence-corrected chi connectivity index (χ1v) is 6.28. The maximum Gasteiger partial charge on any atom is 0.164 e. The number of H-pyrrole nitrogens is 1. The number of aromatic nitrogens is 4. The van der Waals surface area contributed by atoms with E-state index in [1.807, 2.05) is 0 Å². The van der Waals surface area contributed by atoms with Gasteiger partial charge in [-0.1, -0.05) is 6.92 Å². The zero-order valence-electron chi connectivity index (χ0n) is 10.3. The fourth-order valence-electron chi connectivity index (χ4n) is 2.53. The summed E-state index contributed by atoms with van der Waals surface area (Å²) in [7, 11) is 0. The molecule has 0 spiro atoms. The lowest BCUT2D eigenvalue weighted by Crippen LogP contribution is -2.33. The molecule has 1 aliphatic carbocycles. The Morgan fingerprint density at radius 2 is 2.11 bits per heavy atom. The van der Waals surface area contributed by atoms with Crippen molar-refractivity contribution >= 4 is 17.0 Å². The molecule has 96 valence electrons. The largest absolute Gasteiger partial charge is 0.382 e. The van der Waals surface area contributed by atoms with E-state index in [1.165, 1.54) is 6.33 Å². The van der Waals surface area contributed by atoms with Crippen molar-refractivity contribution in [1.29, 1.82) is 0 Å². The van der Waals surface area contributed by atoms with Crippen molar-refractivity contribution in [2.75, 3.05) is 5.73 Å². The van der Waals surface area contributed by atoms with Gasteiger partial charge in [-0.2, -0.15) is 0 Å². The highest BCUT2D eigenvalue weighted by Crippen LogP contribution is 2.38. The molecule has 0 aliphatic heterocycles. The predicted molar refractivity (Wildman–Crippen MR) is 67.6 cm³/mol. The Balaban J connectivity index is 2.03. The molecule has 2 aromatic rings. The van der Waals surface area contributed by atoms with Crippen molar-refractivity contribution in [2.45, 2.75) is 38.2 Å². The first kappa shape index (κ1) is 11.4. The van der Waals surface area contributed by atoms with Crippen LogP contribution in [0, 0.1) is 5.92 Å². The number of anilines is 1. The lowest BCUT2D eigenvalue weighted by atomic mass is 9.79. The van der Waals surface area contributed by atoms with Crippen LogP contribution < -0.4 is 5.73 Å². The van der Waals surface area contributed by atoms with E-state index in [9.17, 15) is 5.11 Å². The van der Waals surface area contributed by atoms with Gasteiger partial charge < -0.3 is 15.8 Å². The van der Waals surface area contributed by atoms with Gasteiger partial charge in [-0.15, -0.1) is 0 Å². The number of aliphatic hydroxyl groups is 1. The summed E-state index contributed by atoms with van der Waals surface area (Å²) in [5, 5.41) is 10.7. The second kappa shape index (κ2) is 3.91. The number of nitrogen functional groups attached to an aromatic ring is 1. The maximum absolute atomic E-state index is 10.7. The van der Waals surface area contributed by atoms with Crippen LogP contribution in [0.15, 0.2) is 6.33 Å². The number of aromatic amines is 1. The van der Waals surface area contributed by atoms with Crippen LogP contribution in [0.3, 0.4) is 0 Å². The predicted octanol–water partition coefficient (Wildman–Crippen LogP) is 1.33. The van der Waals surface area contributed by atoms with Crippen molar-refractivity contribution in [1.82, 2.24) is 19.9 Å². The van der Waals surface area contributed by atoms with Crippen LogP contribution in [0.1, 0.15) is 38.4 Å². The van der Waals surface area contributed by atoms with E-state index in [-0.39, 0.29) is 0 Å². The number of nitrogens with two attached hydrogens (primary N) is 1. The molecule has 0 radical (unpaired) electrons. The third-order valence-electron chi connectivity index (χ3n) is 3.82. The molecular formula is C12H17N5O. The average Bonchev–Trinajstić information content (AvgIpc) is 2.82. The SMILES string of the molecule is CC1CCC(O)(c2nc(N)c3nc[nH]c3n2)CC1. The standard InChI is InChI=1S/C12H17N5O/c1-7-2-4-12(18,5-3-7)11-16-9(13)8-10(17-11)15-6-14-8/h6-7,18H,2-5H2,1H3,(H3,13,14,15,16,17). The monoisotopic (exact) mass is 247 g/mol. The van der Waals surface area contributed by atoms with Gasteiger partial charge in [0, 0.05) is 0 Å². The Bertz CT molecular complexity index is 571. The topological polar surface area (TPSA) is 101 Å². The summed E-state index contributed by atoms with van der Waals surface area (Å²) in [6.45, 7) is 2.20. The summed E-state index contributed by atoms with van der Waals surface area (Å²) < 4.78 is 0. The summed E-state index contributed by atoms with van der Waals surface area (Å²) in [6.07, 6.45) is 4.88. The van der Waals surface area contributed by atoms with Gasteiger partial charge >= 0.3 is 0 Å². The Morgan fingerprint density at radius 3 is 2.83 bits per heavy atom. The third-order valence-corrected chi connectivity index (χ3v) is 3.82. The second-order valence-electron chi connectivity index (χ2n) is 5.25. The second-order valence-corrected chi connectivity index (χ2v) is 5.25. The summed E-state index contributed by atoms with van der Waals surface area (Å²) in [5.74, 6) is 1.39. The maximum atomic E-state index is 10.7. The highest BCUT2D eigenvalue weighted by Gasteiger charge is 2.36. The van der Waals surface area contributed by atoms with Gasteiger partial charge in [0.05, 0.1) is 6.33 Å². The molecule has 2 aromatic heterocycles. The molecule has 1 aliphatic rings. The number of hydrogen-bond acceptors (Lipinski definition) is 5. The minimum absolute atomic E-state index is 0.322. The van der Waals surface area contributed by atoms with E-state index in [2.05, 4.69) is 26.9 Å². The molecule has 1 fully saturated rings. The van der Waals surface area contributed by atoms with Crippen LogP contribution in [0.5, 0.6) is 0 Å². The quantitative estimate of drug-likeness (QED) is 0.705. The number of fused-ring (bicyclic) bond motifs is 1. The van der Waals surface area contributed by atoms with Crippen molar-refractivity contribution in [3.05, 3.63) is 12.2 Å². The molecule has 0 aromatic carbocycles. The van der Waals surface area contributed by atoms with Gasteiger partial charge in [0.1, 0.15) is 11.1 Å². The highest BCUT2D eigenvalue weighted by atomic mass is 16.3. The van der Waals surface area contributed by atoms with E-state index in [4.69, 9.17) is 5.73 Å². The Hall–Kier alpha value is -1.69. The third kappa shape index (κ3) is 1.73. The molecule has 0 amide bonds. The number of nitrogens with zero attached hydrogens (tertiary/aromatic N) is 3. The molecular weight excluding hydrogens is 230 g/mol. The molecule has 0 bridgehead atoms. The van der Waals surface area contributed by atoms with E-state index >= 15 is 0 Å². The van der Waals surface area contributed by atoms with Gasteiger partial charge in [-0.3, -0.25) is 0 Å². The number of rotatable bonds is 1. The van der Waals surface area contributed by atoms with Crippen molar-refractivity contribution in [3.8, 4) is 0 Å². The molecule has 3 rings (SSSR count). The molecule has 6 nitrogen and oxygen atoms in total. The van der Waals surface area contributed by atoms with Gasteiger partial charge in [0.15, 0.2) is 17.3 Å². The molecule has 0 atom stereocenters. The van der Waals surface area contributed by atoms with Crippen LogP contribution in [0.2, 0.25) is 0 Å². The molecule has 1 saturated carbocycles. The molecule has 4 N–H and O–H groups in total. The zero-order chi connectivity index (χ0) is 12.8. The lowest BCUT2D eigenvalue weighted by Gasteiger charge is -2.33. The van der Waals surface area contributed by atoms with Gasteiger partial charge in [-0.25, -0.2) is 15.0 Å². The molecule has 0 saturated heterocycles. The van der Waals surface area contributed by atoms with E-state index in [1.54, 1.807) is 0 Å². The van der Waals surface area contributed by atoms with Gasteiger partial charge in [-0.05, 0) is 31.6 Å². The normalized spacial score (nSPS) is 28.7. The fraction of sp³-hybridized carbons (Fsp3) is 0.583. The van der Waals surface area contributed by atoms with Crippen LogP contribution in [0.4, 0.5) is 5.82 Å². The van der Waals surface area contributed by atoms with E-state index in [0.29, 0.717) is 41.6 Å². The van der Waals surface area contributed by atoms with Crippen LogP contribution in [-0.2, 0) is 5.60 Å². The summed E-state index contributed by atoms with van der Waals surface area (Å²) >= 11 is 0. The van der Waals surface area contributed by atoms with Crippen LogP contribution in [-0.4, -0.2) is 25.0 Å². The van der Waals surface area contributed by atoms with Crippen LogP contribution >= 0.6 is 0 Å². The van der Waals surface area contributed by atoms with Gasteiger partial charge in [0.2, 0.25) is 0 Å². The number of nitrogens with one attached hydrogen (secondary N) is 1. The molecule has 2 heterocycles. The van der Waals surface area contributed by atoms with Crippen molar-refractivity contribution < 1.29 is 5.11 Å². The van der Waals surface area contributed by atoms with Crippen molar-refractivity contribution in [2.24, 2.45) is 5.92 Å². The first-order valence-electron chi connectivity index (χ1n) is 6.28. The summed E-state index contributed by atoms with van der Waals surface area (Å²) in [4.78, 5) is 15.6. The average molecular weight is 247 g/mol. The summed E-state index contributed by atoms with van der Waals surface area (Å²) in [6, 6.07) is 0. The Labute approximate surface area is 105 Å². The molecule has 0 unspecified atom stereocenters. The molecule has 6 heteroatoms. The van der Waals surface area contributed by atoms with E-state index in [0.717, 1.165) is 12.8 Å². The van der Waals surface area contributed by atoms with Crippen molar-refractivity contribution in [3.63, 3.8) is 0 Å². The zero-order valence-corrected chi connectivity index (χ0v) is 10.3. The fourth-order valence-corrected chi connectivity index (χ4v) is 2.53. The van der Waals surface area contributed by atoms with Crippen LogP contribution in [0.25, 0.3) is 11.2 Å². The first-order chi connectivity index (χ1) is 8.58. The van der Waals surface area contributed by atoms with E-state index < -0.39 is 5.60 Å². The minimum Gasteiger partial charge on any atom is -0.382 e.